The fourth-order valence-corrected chi connectivity index (χ4v) is 1.99. The monoisotopic (exact) mass is 293 g/mol. The normalized spacial score (nSPS) is 14.6. The summed E-state index contributed by atoms with van der Waals surface area (Å²) in [7, 11) is 3.16. The van der Waals surface area contributed by atoms with Gasteiger partial charge >= 0.3 is 6.03 Å². The van der Waals surface area contributed by atoms with Gasteiger partial charge in [0.15, 0.2) is 0 Å². The maximum Gasteiger partial charge on any atom is 0.333 e. The molecule has 1 aromatic rings. The van der Waals surface area contributed by atoms with Crippen molar-refractivity contribution in [2.24, 2.45) is 0 Å². The summed E-state index contributed by atoms with van der Waals surface area (Å²) in [6.45, 7) is 3.55. The quantitative estimate of drug-likeness (QED) is 0.665. The number of halogens is 1. The number of carbonyl (C=O) groups excluding carboxylic acids is 3. The summed E-state index contributed by atoms with van der Waals surface area (Å²) in [5.41, 5.74) is 0.445. The van der Waals surface area contributed by atoms with Crippen LogP contribution in [0, 0.1) is 0 Å². The zero-order chi connectivity index (χ0) is 15.0. The first-order chi connectivity index (χ1) is 9.32. The summed E-state index contributed by atoms with van der Waals surface area (Å²) in [6, 6.07) is 3.84. The van der Waals surface area contributed by atoms with E-state index >= 15 is 0 Å². The second kappa shape index (κ2) is 4.97. The van der Waals surface area contributed by atoms with Crippen LogP contribution in [0.3, 0.4) is 0 Å². The van der Waals surface area contributed by atoms with Crippen LogP contribution in [0.2, 0.25) is 5.02 Å². The molecule has 2 rings (SSSR count). The standard InChI is InChI=1S/C13H12ClN3O3/c1-7-11(18)15-13(20)17(7)10-5-4-8(14)6-9(10)12(19)16(2)3/h4-6H,1H2,2-3H3,(H,15,18,20). The van der Waals surface area contributed by atoms with Gasteiger partial charge in [-0.1, -0.05) is 18.2 Å². The van der Waals surface area contributed by atoms with E-state index in [2.05, 4.69) is 11.9 Å². The summed E-state index contributed by atoms with van der Waals surface area (Å²) in [4.78, 5) is 37.8. The maximum atomic E-state index is 12.2. The lowest BCUT2D eigenvalue weighted by Crippen LogP contribution is -2.30. The van der Waals surface area contributed by atoms with Gasteiger partial charge in [-0.2, -0.15) is 0 Å². The molecule has 0 atom stereocenters. The molecule has 1 aliphatic rings. The largest absolute Gasteiger partial charge is 0.345 e. The number of nitrogens with zero attached hydrogens (tertiary/aromatic N) is 2. The molecule has 1 fully saturated rings. The van der Waals surface area contributed by atoms with Crippen LogP contribution in [0.5, 0.6) is 0 Å². The lowest BCUT2D eigenvalue weighted by Gasteiger charge is -2.20. The summed E-state index contributed by atoms with van der Waals surface area (Å²) in [6.07, 6.45) is 0. The zero-order valence-corrected chi connectivity index (χ0v) is 11.7. The van der Waals surface area contributed by atoms with Crippen LogP contribution in [0.15, 0.2) is 30.5 Å². The molecule has 6 nitrogen and oxygen atoms in total. The maximum absolute atomic E-state index is 12.2. The Morgan fingerprint density at radius 1 is 1.35 bits per heavy atom. The van der Waals surface area contributed by atoms with Gasteiger partial charge in [-0.05, 0) is 18.2 Å². The molecule has 0 spiro atoms. The van der Waals surface area contributed by atoms with Crippen molar-refractivity contribution in [2.75, 3.05) is 19.0 Å². The number of carbonyl (C=O) groups is 3. The Morgan fingerprint density at radius 3 is 2.50 bits per heavy atom. The number of urea groups is 1. The molecule has 0 aromatic heterocycles. The molecular weight excluding hydrogens is 282 g/mol. The molecule has 1 saturated heterocycles. The number of benzene rings is 1. The topological polar surface area (TPSA) is 69.7 Å². The van der Waals surface area contributed by atoms with E-state index in [0.717, 1.165) is 4.90 Å². The number of nitrogens with one attached hydrogen (secondary N) is 1. The first kappa shape index (κ1) is 14.1. The number of hydrogen-bond acceptors (Lipinski definition) is 3. The van der Waals surface area contributed by atoms with Gasteiger partial charge in [-0.15, -0.1) is 0 Å². The molecule has 1 N–H and O–H groups in total. The van der Waals surface area contributed by atoms with Gasteiger partial charge in [-0.3, -0.25) is 19.8 Å². The molecule has 4 amide bonds. The molecule has 0 aliphatic carbocycles. The van der Waals surface area contributed by atoms with Crippen molar-refractivity contribution in [1.29, 1.82) is 0 Å². The van der Waals surface area contributed by atoms with Crippen LogP contribution in [-0.2, 0) is 4.79 Å². The SMILES string of the molecule is C=C1C(=O)NC(=O)N1c1ccc(Cl)cc1C(=O)N(C)C. The van der Waals surface area contributed by atoms with Crippen molar-refractivity contribution in [3.63, 3.8) is 0 Å². The molecule has 104 valence electrons. The van der Waals surface area contributed by atoms with Crippen LogP contribution in [0.1, 0.15) is 10.4 Å². The lowest BCUT2D eigenvalue weighted by molar-refractivity contribution is -0.115. The van der Waals surface area contributed by atoms with Gasteiger partial charge in [0.25, 0.3) is 11.8 Å². The Labute approximate surface area is 120 Å². The van der Waals surface area contributed by atoms with E-state index in [0.29, 0.717) is 5.02 Å². The second-order valence-electron chi connectivity index (χ2n) is 4.40. The van der Waals surface area contributed by atoms with E-state index in [9.17, 15) is 14.4 Å². The zero-order valence-electron chi connectivity index (χ0n) is 10.9. The number of rotatable bonds is 2. The Hall–Kier alpha value is -2.34. The lowest BCUT2D eigenvalue weighted by atomic mass is 10.1. The Morgan fingerprint density at radius 2 is 2.00 bits per heavy atom. The minimum atomic E-state index is -0.643. The van der Waals surface area contributed by atoms with Gasteiger partial charge in [0.1, 0.15) is 5.70 Å². The first-order valence-corrected chi connectivity index (χ1v) is 6.06. The van der Waals surface area contributed by atoms with Crippen molar-refractivity contribution in [3.8, 4) is 0 Å². The fraction of sp³-hybridized carbons (Fsp3) is 0.154. The number of hydrogen-bond donors (Lipinski definition) is 1. The van der Waals surface area contributed by atoms with E-state index in [-0.39, 0.29) is 22.9 Å². The van der Waals surface area contributed by atoms with E-state index < -0.39 is 11.9 Å². The van der Waals surface area contributed by atoms with Gasteiger partial charge < -0.3 is 4.90 Å². The predicted molar refractivity (Wildman–Crippen MR) is 74.6 cm³/mol. The molecule has 0 saturated carbocycles. The summed E-state index contributed by atoms with van der Waals surface area (Å²) < 4.78 is 0. The second-order valence-corrected chi connectivity index (χ2v) is 4.84. The smallest absolute Gasteiger partial charge is 0.333 e. The van der Waals surface area contributed by atoms with Gasteiger partial charge in [0, 0.05) is 19.1 Å². The minimum Gasteiger partial charge on any atom is -0.345 e. The average molecular weight is 294 g/mol. The van der Waals surface area contributed by atoms with Crippen molar-refractivity contribution in [1.82, 2.24) is 10.2 Å². The van der Waals surface area contributed by atoms with Crippen LogP contribution in [0.25, 0.3) is 0 Å². The Bertz CT molecular complexity index is 640. The predicted octanol–water partition coefficient (Wildman–Crippen LogP) is 1.61. The van der Waals surface area contributed by atoms with E-state index in [1.165, 1.54) is 23.1 Å². The number of anilines is 1. The van der Waals surface area contributed by atoms with E-state index in [1.807, 2.05) is 0 Å². The van der Waals surface area contributed by atoms with Gasteiger partial charge in [0.05, 0.1) is 11.3 Å². The van der Waals surface area contributed by atoms with Crippen LogP contribution < -0.4 is 10.2 Å². The summed E-state index contributed by atoms with van der Waals surface area (Å²) >= 11 is 5.89. The minimum absolute atomic E-state index is 0.0369. The molecule has 7 heteroatoms. The van der Waals surface area contributed by atoms with Crippen LogP contribution in [-0.4, -0.2) is 36.8 Å². The van der Waals surface area contributed by atoms with E-state index in [1.54, 1.807) is 14.1 Å². The van der Waals surface area contributed by atoms with Crippen molar-refractivity contribution in [2.45, 2.75) is 0 Å². The Balaban J connectivity index is 2.57. The highest BCUT2D eigenvalue weighted by Crippen LogP contribution is 2.29. The highest BCUT2D eigenvalue weighted by molar-refractivity contribution is 6.31. The third-order valence-corrected chi connectivity index (χ3v) is 3.03. The fourth-order valence-electron chi connectivity index (χ4n) is 1.82. The number of amides is 4. The van der Waals surface area contributed by atoms with E-state index in [4.69, 9.17) is 11.6 Å². The molecule has 20 heavy (non-hydrogen) atoms. The molecule has 1 aliphatic heterocycles. The van der Waals surface area contributed by atoms with Crippen molar-refractivity contribution >= 4 is 35.1 Å². The third kappa shape index (κ3) is 2.25. The molecule has 0 unspecified atom stereocenters. The molecule has 0 radical (unpaired) electrons. The van der Waals surface area contributed by atoms with Crippen molar-refractivity contribution in [3.05, 3.63) is 41.1 Å². The molecule has 0 bridgehead atoms. The van der Waals surface area contributed by atoms with Gasteiger partial charge in [0.2, 0.25) is 0 Å². The van der Waals surface area contributed by atoms with Crippen LogP contribution in [0.4, 0.5) is 10.5 Å². The van der Waals surface area contributed by atoms with Crippen molar-refractivity contribution < 1.29 is 14.4 Å². The molecular formula is C13H12ClN3O3. The number of imide groups is 1. The Kier molecular flexibility index (Phi) is 3.50. The average Bonchev–Trinajstić information content (AvgIpc) is 2.63. The van der Waals surface area contributed by atoms with Crippen LogP contribution >= 0.6 is 11.6 Å². The molecule has 1 heterocycles. The third-order valence-electron chi connectivity index (χ3n) is 2.79. The highest BCUT2D eigenvalue weighted by Gasteiger charge is 2.35. The first-order valence-electron chi connectivity index (χ1n) is 5.68. The summed E-state index contributed by atoms with van der Waals surface area (Å²) in [5, 5.41) is 2.47. The van der Waals surface area contributed by atoms with Gasteiger partial charge in [-0.25, -0.2) is 4.79 Å². The highest BCUT2D eigenvalue weighted by atomic mass is 35.5. The molecule has 1 aromatic carbocycles. The summed E-state index contributed by atoms with van der Waals surface area (Å²) in [5.74, 6) is -0.921.